The van der Waals surface area contributed by atoms with Crippen molar-refractivity contribution in [2.45, 2.75) is 63.5 Å². The number of hydrogen-bond donors (Lipinski definition) is 0. The van der Waals surface area contributed by atoms with E-state index >= 15 is 0 Å². The third-order valence-electron chi connectivity index (χ3n) is 2.79. The van der Waals surface area contributed by atoms with Crippen molar-refractivity contribution in [1.29, 1.82) is 0 Å². The van der Waals surface area contributed by atoms with Crippen LogP contribution in [0.3, 0.4) is 0 Å². The highest BCUT2D eigenvalue weighted by molar-refractivity contribution is 9.10. The molecule has 0 aromatic heterocycles. The van der Waals surface area contributed by atoms with E-state index in [1.54, 1.807) is 21.0 Å². The van der Waals surface area contributed by atoms with Crippen LogP contribution in [0, 0.1) is 0 Å². The van der Waals surface area contributed by atoms with Gasteiger partial charge in [-0.15, -0.1) is 0 Å². The largest absolute Gasteiger partial charge is 0.462 e. The first-order valence-corrected chi connectivity index (χ1v) is 7.24. The topological polar surface area (TPSA) is 44.8 Å². The number of carbonyl (C=O) groups is 1. The minimum Gasteiger partial charge on any atom is -0.462 e. The molecule has 0 rings (SSSR count). The Morgan fingerprint density at radius 1 is 1.05 bits per heavy atom. The minimum absolute atomic E-state index is 0.204. The molecule has 0 unspecified atom stereocenters. The predicted molar refractivity (Wildman–Crippen MR) is 79.7 cm³/mol. The maximum Gasteiger partial charge on any atom is 0.322 e. The molecule has 0 amide bonds. The molecule has 0 aromatic carbocycles. The zero-order valence-electron chi connectivity index (χ0n) is 13.1. The normalized spacial score (nSPS) is 13.5. The highest BCUT2D eigenvalue weighted by Gasteiger charge is 2.29. The van der Waals surface area contributed by atoms with Crippen LogP contribution in [0.25, 0.3) is 0 Å². The minimum atomic E-state index is -0.666. The second-order valence-corrected chi connectivity index (χ2v) is 8.35. The molecule has 0 aromatic rings. The van der Waals surface area contributed by atoms with Gasteiger partial charge in [0.15, 0.2) is 0 Å². The van der Waals surface area contributed by atoms with E-state index in [1.165, 1.54) is 0 Å². The summed E-state index contributed by atoms with van der Waals surface area (Å²) in [6, 6.07) is 0. The molecule has 0 atom stereocenters. The number of alkyl halides is 1. The highest BCUT2D eigenvalue weighted by atomic mass is 79.9. The zero-order chi connectivity index (χ0) is 15.3. The molecule has 0 saturated carbocycles. The van der Waals surface area contributed by atoms with E-state index in [1.807, 2.05) is 27.7 Å². The van der Waals surface area contributed by atoms with Crippen LogP contribution in [0.5, 0.6) is 0 Å². The van der Waals surface area contributed by atoms with Gasteiger partial charge in [0.2, 0.25) is 0 Å². The number of esters is 1. The van der Waals surface area contributed by atoms with Crippen molar-refractivity contribution in [3.05, 3.63) is 0 Å². The highest BCUT2D eigenvalue weighted by Crippen LogP contribution is 2.20. The van der Waals surface area contributed by atoms with Crippen LogP contribution in [0.15, 0.2) is 0 Å². The van der Waals surface area contributed by atoms with Gasteiger partial charge in [-0.25, -0.2) is 0 Å². The van der Waals surface area contributed by atoms with Gasteiger partial charge in [0, 0.05) is 7.11 Å². The second-order valence-electron chi connectivity index (χ2n) is 6.37. The fourth-order valence-corrected chi connectivity index (χ4v) is 1.24. The summed E-state index contributed by atoms with van der Waals surface area (Å²) in [5, 5.41) is 0. The number of ether oxygens (including phenoxy) is 3. The average molecular weight is 339 g/mol. The maximum absolute atomic E-state index is 11.6. The molecule has 0 N–H and O–H groups in total. The average Bonchev–Trinajstić information content (AvgIpc) is 2.24. The number of carbonyl (C=O) groups excluding carboxylic acids is 1. The van der Waals surface area contributed by atoms with E-state index in [0.29, 0.717) is 6.61 Å². The summed E-state index contributed by atoms with van der Waals surface area (Å²) in [5.74, 6) is -0.290. The summed E-state index contributed by atoms with van der Waals surface area (Å²) in [6.07, 6.45) is 0.783. The van der Waals surface area contributed by atoms with Gasteiger partial charge in [-0.3, -0.25) is 4.79 Å². The molecule has 19 heavy (non-hydrogen) atoms. The summed E-state index contributed by atoms with van der Waals surface area (Å²) in [5.41, 5.74) is -0.706. The van der Waals surface area contributed by atoms with Gasteiger partial charge in [-0.1, -0.05) is 15.9 Å². The molecular weight excluding hydrogens is 312 g/mol. The van der Waals surface area contributed by atoms with E-state index in [-0.39, 0.29) is 18.2 Å². The summed E-state index contributed by atoms with van der Waals surface area (Å²) in [4.78, 5) is 11.6. The van der Waals surface area contributed by atoms with Crippen molar-refractivity contribution in [1.82, 2.24) is 0 Å². The van der Waals surface area contributed by atoms with Gasteiger partial charge in [0.25, 0.3) is 0 Å². The first-order valence-electron chi connectivity index (χ1n) is 6.45. The molecule has 0 aliphatic carbocycles. The van der Waals surface area contributed by atoms with Gasteiger partial charge in [0.05, 0.1) is 17.8 Å². The number of methoxy groups -OCH3 is 1. The lowest BCUT2D eigenvalue weighted by atomic mass is 10.1. The summed E-state index contributed by atoms with van der Waals surface area (Å²) in [7, 11) is 1.69. The van der Waals surface area contributed by atoms with Crippen LogP contribution >= 0.6 is 15.9 Å². The predicted octanol–water partition coefficient (Wildman–Crippen LogP) is 3.31. The molecule has 0 fully saturated rings. The summed E-state index contributed by atoms with van der Waals surface area (Å²) in [6.45, 7) is 12.1. The number of hydrogen-bond acceptors (Lipinski definition) is 4. The summed E-state index contributed by atoms with van der Waals surface area (Å²) < 4.78 is 15.7. The molecule has 0 heterocycles. The van der Waals surface area contributed by atoms with Gasteiger partial charge < -0.3 is 14.2 Å². The molecular formula is C14H27BrO4. The van der Waals surface area contributed by atoms with Crippen LogP contribution < -0.4 is 0 Å². The van der Waals surface area contributed by atoms with Crippen LogP contribution in [-0.2, 0) is 19.0 Å². The zero-order valence-corrected chi connectivity index (χ0v) is 14.7. The van der Waals surface area contributed by atoms with E-state index in [0.717, 1.165) is 6.42 Å². The lowest BCUT2D eigenvalue weighted by molar-refractivity contribution is -0.156. The van der Waals surface area contributed by atoms with Gasteiger partial charge in [-0.05, 0) is 48.0 Å². The number of halogens is 1. The maximum atomic E-state index is 11.6. The van der Waals surface area contributed by atoms with Crippen LogP contribution in [0.2, 0.25) is 0 Å². The third-order valence-corrected chi connectivity index (χ3v) is 3.11. The van der Waals surface area contributed by atoms with Crippen molar-refractivity contribution >= 4 is 21.9 Å². The lowest BCUT2D eigenvalue weighted by Crippen LogP contribution is -2.37. The Morgan fingerprint density at radius 3 is 2.00 bits per heavy atom. The van der Waals surface area contributed by atoms with E-state index in [2.05, 4.69) is 15.9 Å². The third kappa shape index (κ3) is 8.60. The second kappa shape index (κ2) is 7.04. The Kier molecular flexibility index (Phi) is 7.00. The Labute approximate surface area is 125 Å². The van der Waals surface area contributed by atoms with E-state index < -0.39 is 9.93 Å². The SMILES string of the molecule is COC(C)(C)CCOC(C)(C)COC(=O)C(C)(C)Br. The molecule has 0 spiro atoms. The van der Waals surface area contributed by atoms with Crippen molar-refractivity contribution in [3.63, 3.8) is 0 Å². The molecule has 0 bridgehead atoms. The Balaban J connectivity index is 4.10. The Bertz CT molecular complexity index is 292. The van der Waals surface area contributed by atoms with Crippen LogP contribution in [0.1, 0.15) is 48.0 Å². The molecule has 0 aliphatic heterocycles. The smallest absolute Gasteiger partial charge is 0.322 e. The van der Waals surface area contributed by atoms with Crippen molar-refractivity contribution < 1.29 is 19.0 Å². The van der Waals surface area contributed by atoms with Crippen molar-refractivity contribution in [3.8, 4) is 0 Å². The fraction of sp³-hybridized carbons (Fsp3) is 0.929. The lowest BCUT2D eigenvalue weighted by Gasteiger charge is -2.29. The molecule has 0 radical (unpaired) electrons. The summed E-state index contributed by atoms with van der Waals surface area (Å²) >= 11 is 3.27. The van der Waals surface area contributed by atoms with Crippen LogP contribution in [0.4, 0.5) is 0 Å². The van der Waals surface area contributed by atoms with Crippen LogP contribution in [-0.4, -0.2) is 41.8 Å². The fourth-order valence-electron chi connectivity index (χ4n) is 1.13. The first kappa shape index (κ1) is 18.9. The molecule has 4 nitrogen and oxygen atoms in total. The van der Waals surface area contributed by atoms with Crippen molar-refractivity contribution in [2.24, 2.45) is 0 Å². The molecule has 5 heteroatoms. The molecule has 114 valence electrons. The Hall–Kier alpha value is -0.130. The number of rotatable bonds is 8. The molecule has 0 aliphatic rings. The monoisotopic (exact) mass is 338 g/mol. The van der Waals surface area contributed by atoms with E-state index in [4.69, 9.17) is 14.2 Å². The van der Waals surface area contributed by atoms with Gasteiger partial charge in [0.1, 0.15) is 10.9 Å². The quantitative estimate of drug-likeness (QED) is 0.503. The standard InChI is InChI=1S/C14H27BrO4/c1-12(2,17-7)8-9-19-13(3,4)10-18-11(16)14(5,6)15/h8-10H2,1-7H3. The van der Waals surface area contributed by atoms with Gasteiger partial charge in [-0.2, -0.15) is 0 Å². The van der Waals surface area contributed by atoms with Crippen molar-refractivity contribution in [2.75, 3.05) is 20.3 Å². The Morgan fingerprint density at radius 2 is 1.58 bits per heavy atom. The van der Waals surface area contributed by atoms with E-state index in [9.17, 15) is 4.79 Å². The van der Waals surface area contributed by atoms with Gasteiger partial charge >= 0.3 is 5.97 Å². The molecule has 0 saturated heterocycles. The first-order chi connectivity index (χ1) is 8.40.